The molecule has 1 N–H and O–H groups in total. The summed E-state index contributed by atoms with van der Waals surface area (Å²) in [7, 11) is 0. The molecule has 0 bridgehead atoms. The fourth-order valence-corrected chi connectivity index (χ4v) is 3.09. The second-order valence-corrected chi connectivity index (χ2v) is 6.48. The van der Waals surface area contributed by atoms with Crippen LogP contribution in [0.5, 0.6) is 0 Å². The van der Waals surface area contributed by atoms with E-state index >= 15 is 0 Å². The van der Waals surface area contributed by atoms with Crippen LogP contribution in [-0.4, -0.2) is 37.1 Å². The van der Waals surface area contributed by atoms with Gasteiger partial charge in [0.15, 0.2) is 0 Å². The largest absolute Gasteiger partial charge is 0.368 e. The Kier molecular flexibility index (Phi) is 5.26. The van der Waals surface area contributed by atoms with E-state index in [4.69, 9.17) is 11.6 Å². The second-order valence-electron chi connectivity index (χ2n) is 6.05. The number of piperazine rings is 1. The summed E-state index contributed by atoms with van der Waals surface area (Å²) < 4.78 is 0. The molecule has 3 rings (SSSR count). The lowest BCUT2D eigenvalue weighted by Gasteiger charge is -2.36. The Labute approximate surface area is 148 Å². The molecular formula is C19H22ClN3O. The zero-order valence-corrected chi connectivity index (χ0v) is 14.6. The van der Waals surface area contributed by atoms with Crippen LogP contribution in [0.15, 0.2) is 48.5 Å². The zero-order chi connectivity index (χ0) is 16.9. The first kappa shape index (κ1) is 16.7. The highest BCUT2D eigenvalue weighted by Gasteiger charge is 2.21. The molecule has 1 saturated heterocycles. The van der Waals surface area contributed by atoms with Gasteiger partial charge >= 0.3 is 6.03 Å². The number of benzene rings is 2. The maximum Gasteiger partial charge on any atom is 0.317 e. The monoisotopic (exact) mass is 343 g/mol. The van der Waals surface area contributed by atoms with Gasteiger partial charge in [-0.05, 0) is 36.2 Å². The van der Waals surface area contributed by atoms with Gasteiger partial charge in [0.25, 0.3) is 0 Å². The molecule has 1 heterocycles. The van der Waals surface area contributed by atoms with Crippen LogP contribution in [0, 0.1) is 6.92 Å². The molecule has 2 aromatic carbocycles. The second kappa shape index (κ2) is 7.58. The highest BCUT2D eigenvalue weighted by Crippen LogP contribution is 2.20. The molecule has 0 spiro atoms. The lowest BCUT2D eigenvalue weighted by atomic mass is 10.1. The number of halogens is 1. The van der Waals surface area contributed by atoms with Crippen molar-refractivity contribution in [1.29, 1.82) is 0 Å². The number of nitrogens with one attached hydrogen (secondary N) is 1. The molecule has 126 valence electrons. The number of anilines is 1. The summed E-state index contributed by atoms with van der Waals surface area (Å²) in [5, 5.41) is 3.69. The predicted molar refractivity (Wildman–Crippen MR) is 98.7 cm³/mol. The van der Waals surface area contributed by atoms with E-state index in [0.717, 1.165) is 31.7 Å². The Morgan fingerprint density at radius 2 is 1.71 bits per heavy atom. The topological polar surface area (TPSA) is 35.6 Å². The minimum absolute atomic E-state index is 0.00520. The van der Waals surface area contributed by atoms with E-state index in [0.29, 0.717) is 11.6 Å². The van der Waals surface area contributed by atoms with Crippen LogP contribution in [0.2, 0.25) is 5.02 Å². The third-order valence-corrected chi connectivity index (χ3v) is 4.63. The van der Waals surface area contributed by atoms with Crippen LogP contribution in [0.1, 0.15) is 11.1 Å². The number of urea groups is 1. The first-order valence-electron chi connectivity index (χ1n) is 8.21. The highest BCUT2D eigenvalue weighted by atomic mass is 35.5. The molecule has 0 radical (unpaired) electrons. The number of hydrogen-bond acceptors (Lipinski definition) is 2. The molecule has 1 aliphatic heterocycles. The van der Waals surface area contributed by atoms with Gasteiger partial charge in [-0.25, -0.2) is 4.79 Å². The molecule has 0 unspecified atom stereocenters. The molecule has 1 aliphatic rings. The van der Waals surface area contributed by atoms with Crippen molar-refractivity contribution >= 4 is 23.3 Å². The summed E-state index contributed by atoms with van der Waals surface area (Å²) in [5.41, 5.74) is 3.59. The van der Waals surface area contributed by atoms with Crippen LogP contribution in [0.3, 0.4) is 0 Å². The van der Waals surface area contributed by atoms with E-state index in [-0.39, 0.29) is 6.03 Å². The standard InChI is InChI=1S/C19H22ClN3O/c1-15-4-2-3-5-18(15)22-10-12-23(13-11-22)19(24)21-14-16-6-8-17(20)9-7-16/h2-9H,10-14H2,1H3,(H,21,24). The molecule has 24 heavy (non-hydrogen) atoms. The third-order valence-electron chi connectivity index (χ3n) is 4.38. The quantitative estimate of drug-likeness (QED) is 0.922. The van der Waals surface area contributed by atoms with Crippen LogP contribution in [0.4, 0.5) is 10.5 Å². The average molecular weight is 344 g/mol. The summed E-state index contributed by atoms with van der Waals surface area (Å²) in [4.78, 5) is 16.5. The molecule has 0 saturated carbocycles. The Morgan fingerprint density at radius 3 is 2.38 bits per heavy atom. The van der Waals surface area contributed by atoms with Crippen LogP contribution in [0.25, 0.3) is 0 Å². The highest BCUT2D eigenvalue weighted by molar-refractivity contribution is 6.30. The molecule has 2 aromatic rings. The van der Waals surface area contributed by atoms with Gasteiger partial charge in [-0.2, -0.15) is 0 Å². The number of aryl methyl sites for hydroxylation is 1. The zero-order valence-electron chi connectivity index (χ0n) is 13.8. The summed E-state index contributed by atoms with van der Waals surface area (Å²) in [6, 6.07) is 15.9. The lowest BCUT2D eigenvalue weighted by molar-refractivity contribution is 0.194. The van der Waals surface area contributed by atoms with Gasteiger partial charge in [0.2, 0.25) is 0 Å². The number of carbonyl (C=O) groups is 1. The van der Waals surface area contributed by atoms with Gasteiger partial charge in [0.05, 0.1) is 0 Å². The Hall–Kier alpha value is -2.20. The van der Waals surface area contributed by atoms with Gasteiger partial charge in [0, 0.05) is 43.4 Å². The number of rotatable bonds is 3. The van der Waals surface area contributed by atoms with Crippen molar-refractivity contribution in [2.24, 2.45) is 0 Å². The molecule has 1 fully saturated rings. The maximum absolute atomic E-state index is 12.3. The number of nitrogens with zero attached hydrogens (tertiary/aromatic N) is 2. The van der Waals surface area contributed by atoms with Crippen molar-refractivity contribution < 1.29 is 4.79 Å². The molecular weight excluding hydrogens is 322 g/mol. The summed E-state index contributed by atoms with van der Waals surface area (Å²) >= 11 is 5.87. The molecule has 5 heteroatoms. The van der Waals surface area contributed by atoms with E-state index in [2.05, 4.69) is 41.4 Å². The van der Waals surface area contributed by atoms with Gasteiger partial charge < -0.3 is 15.1 Å². The summed E-state index contributed by atoms with van der Waals surface area (Å²) in [6.07, 6.45) is 0. The Balaban J connectivity index is 1.50. The molecule has 2 amide bonds. The number of hydrogen-bond donors (Lipinski definition) is 1. The van der Waals surface area contributed by atoms with Crippen LogP contribution in [-0.2, 0) is 6.54 Å². The molecule has 4 nitrogen and oxygen atoms in total. The van der Waals surface area contributed by atoms with Crippen LogP contribution >= 0.6 is 11.6 Å². The Bertz CT molecular complexity index is 694. The number of carbonyl (C=O) groups excluding carboxylic acids is 1. The SMILES string of the molecule is Cc1ccccc1N1CCN(C(=O)NCc2ccc(Cl)cc2)CC1. The van der Waals surface area contributed by atoms with Gasteiger partial charge in [-0.3, -0.25) is 0 Å². The van der Waals surface area contributed by atoms with E-state index in [9.17, 15) is 4.79 Å². The van der Waals surface area contributed by atoms with E-state index in [1.54, 1.807) is 0 Å². The van der Waals surface area contributed by atoms with Gasteiger partial charge in [0.1, 0.15) is 0 Å². The van der Waals surface area contributed by atoms with E-state index < -0.39 is 0 Å². The van der Waals surface area contributed by atoms with Crippen molar-refractivity contribution in [3.8, 4) is 0 Å². The lowest BCUT2D eigenvalue weighted by Crippen LogP contribution is -2.51. The minimum atomic E-state index is -0.00520. The fraction of sp³-hybridized carbons (Fsp3) is 0.316. The third kappa shape index (κ3) is 4.01. The van der Waals surface area contributed by atoms with Crippen molar-refractivity contribution in [1.82, 2.24) is 10.2 Å². The summed E-state index contributed by atoms with van der Waals surface area (Å²) in [6.45, 7) is 5.84. The van der Waals surface area contributed by atoms with E-state index in [1.165, 1.54) is 11.3 Å². The van der Waals surface area contributed by atoms with Crippen molar-refractivity contribution in [3.63, 3.8) is 0 Å². The summed E-state index contributed by atoms with van der Waals surface area (Å²) in [5.74, 6) is 0. The smallest absolute Gasteiger partial charge is 0.317 e. The number of amides is 2. The van der Waals surface area contributed by atoms with Crippen molar-refractivity contribution in [3.05, 3.63) is 64.7 Å². The number of para-hydroxylation sites is 1. The fourth-order valence-electron chi connectivity index (χ4n) is 2.96. The normalized spacial score (nSPS) is 14.6. The first-order chi connectivity index (χ1) is 11.6. The van der Waals surface area contributed by atoms with Crippen molar-refractivity contribution in [2.75, 3.05) is 31.1 Å². The molecule has 0 aliphatic carbocycles. The van der Waals surface area contributed by atoms with Gasteiger partial charge in [-0.1, -0.05) is 41.9 Å². The molecule has 0 aromatic heterocycles. The first-order valence-corrected chi connectivity index (χ1v) is 8.59. The molecule has 0 atom stereocenters. The van der Waals surface area contributed by atoms with Crippen LogP contribution < -0.4 is 10.2 Å². The van der Waals surface area contributed by atoms with E-state index in [1.807, 2.05) is 29.2 Å². The predicted octanol–water partition coefficient (Wildman–Crippen LogP) is 3.68. The van der Waals surface area contributed by atoms with Gasteiger partial charge in [-0.15, -0.1) is 0 Å². The average Bonchev–Trinajstić information content (AvgIpc) is 2.61. The maximum atomic E-state index is 12.3. The minimum Gasteiger partial charge on any atom is -0.368 e. The van der Waals surface area contributed by atoms with Crippen molar-refractivity contribution in [2.45, 2.75) is 13.5 Å². The Morgan fingerprint density at radius 1 is 1.04 bits per heavy atom.